The Kier molecular flexibility index (Phi) is 5.84. The van der Waals surface area contributed by atoms with Crippen LogP contribution >= 0.6 is 0 Å². The molecule has 0 heterocycles. The van der Waals surface area contributed by atoms with Crippen LogP contribution in [0.4, 0.5) is 0 Å². The third kappa shape index (κ3) is 4.56. The average Bonchev–Trinajstić information content (AvgIpc) is 3.39. The van der Waals surface area contributed by atoms with Crippen molar-refractivity contribution in [2.45, 2.75) is 56.6 Å². The molecule has 0 unspecified atom stereocenters. The van der Waals surface area contributed by atoms with E-state index in [0.717, 1.165) is 19.3 Å². The summed E-state index contributed by atoms with van der Waals surface area (Å²) in [6.45, 7) is 2.60. The number of amides is 2. The number of sulfonamides is 1. The van der Waals surface area contributed by atoms with Crippen molar-refractivity contribution in [1.29, 1.82) is 0 Å². The zero-order valence-electron chi connectivity index (χ0n) is 13.6. The van der Waals surface area contributed by atoms with E-state index in [9.17, 15) is 18.0 Å². The number of rotatable bonds is 11. The molecule has 0 saturated heterocycles. The average molecular weight is 342 g/mol. The van der Waals surface area contributed by atoms with Gasteiger partial charge in [-0.1, -0.05) is 25.5 Å². The van der Waals surface area contributed by atoms with Gasteiger partial charge < -0.3 is 5.32 Å². The minimum absolute atomic E-state index is 0.115. The van der Waals surface area contributed by atoms with Crippen LogP contribution in [0.1, 0.15) is 51.9 Å². The van der Waals surface area contributed by atoms with Crippen LogP contribution in [-0.2, 0) is 19.6 Å². The lowest BCUT2D eigenvalue weighted by Gasteiger charge is -2.16. The normalized spacial score (nSPS) is 25.1. The van der Waals surface area contributed by atoms with Gasteiger partial charge in [-0.2, -0.15) is 0 Å². The van der Waals surface area contributed by atoms with E-state index in [1.54, 1.807) is 0 Å². The summed E-state index contributed by atoms with van der Waals surface area (Å²) in [4.78, 5) is 22.1. The van der Waals surface area contributed by atoms with Crippen LogP contribution in [0.25, 0.3) is 0 Å². The summed E-state index contributed by atoms with van der Waals surface area (Å²) in [6.07, 6.45) is 9.45. The molecule has 2 rings (SSSR count). The van der Waals surface area contributed by atoms with Crippen LogP contribution < -0.4 is 10.0 Å². The Balaban J connectivity index is 1.77. The highest BCUT2D eigenvalue weighted by molar-refractivity contribution is 7.91. The number of allylic oxidation sites excluding steroid dienone is 1. The van der Waals surface area contributed by atoms with Crippen molar-refractivity contribution < 1.29 is 18.0 Å². The van der Waals surface area contributed by atoms with E-state index >= 15 is 0 Å². The molecule has 2 aliphatic rings. The highest BCUT2D eigenvalue weighted by atomic mass is 32.2. The quantitative estimate of drug-likeness (QED) is 0.338. The molecule has 2 atom stereocenters. The molecule has 0 aromatic heterocycles. The molecule has 2 N–H and O–H groups in total. The van der Waals surface area contributed by atoms with E-state index in [2.05, 4.69) is 10.0 Å². The molecule has 0 aromatic carbocycles. The SMILES string of the molecule is CC[C@@H]1C[C@@H]1C(=O)NS(=O)(=O)C1(CC/C=C/CCNC=O)CC1. The standard InChI is InChI=1S/C16H26N2O4S/c1-2-13-11-14(13)15(20)18-23(21,22)16(8-9-16)7-5-3-4-6-10-17-12-19/h3-4,12-14H,2,5-11H2,1H3,(H,17,19)(H,18,20)/b4-3+/t13-,14+/m1/s1. The molecule has 2 amide bonds. The fraction of sp³-hybridized carbons (Fsp3) is 0.750. The smallest absolute Gasteiger partial charge is 0.240 e. The fourth-order valence-corrected chi connectivity index (χ4v) is 4.60. The summed E-state index contributed by atoms with van der Waals surface area (Å²) in [7, 11) is -3.58. The van der Waals surface area contributed by atoms with E-state index in [4.69, 9.17) is 0 Å². The zero-order chi connectivity index (χ0) is 16.9. The molecule has 0 aromatic rings. The molecule has 0 aliphatic heterocycles. The summed E-state index contributed by atoms with van der Waals surface area (Å²) in [6, 6.07) is 0. The molecule has 7 heteroatoms. The van der Waals surface area contributed by atoms with Gasteiger partial charge in [-0.25, -0.2) is 8.42 Å². The van der Waals surface area contributed by atoms with Crippen LogP contribution in [0.15, 0.2) is 12.2 Å². The first kappa shape index (κ1) is 18.0. The van der Waals surface area contributed by atoms with Gasteiger partial charge in [0.2, 0.25) is 22.3 Å². The largest absolute Gasteiger partial charge is 0.358 e. The van der Waals surface area contributed by atoms with Crippen LogP contribution in [0.5, 0.6) is 0 Å². The third-order valence-electron chi connectivity index (χ3n) is 4.87. The first-order chi connectivity index (χ1) is 11.0. The molecular weight excluding hydrogens is 316 g/mol. The Hall–Kier alpha value is -1.37. The Morgan fingerprint density at radius 1 is 1.26 bits per heavy atom. The maximum Gasteiger partial charge on any atom is 0.240 e. The number of nitrogens with one attached hydrogen (secondary N) is 2. The second kappa shape index (κ2) is 7.47. The van der Waals surface area contributed by atoms with Gasteiger partial charge in [-0.15, -0.1) is 0 Å². The third-order valence-corrected chi connectivity index (χ3v) is 7.09. The summed E-state index contributed by atoms with van der Waals surface area (Å²) < 4.78 is 26.5. The van der Waals surface area contributed by atoms with E-state index in [-0.39, 0.29) is 11.8 Å². The van der Waals surface area contributed by atoms with Crippen molar-refractivity contribution in [1.82, 2.24) is 10.0 Å². The second-order valence-corrected chi connectivity index (χ2v) is 8.61. The van der Waals surface area contributed by atoms with Crippen LogP contribution in [0, 0.1) is 11.8 Å². The monoisotopic (exact) mass is 342 g/mol. The van der Waals surface area contributed by atoms with E-state index < -0.39 is 14.8 Å². The van der Waals surface area contributed by atoms with Gasteiger partial charge in [0.25, 0.3) is 0 Å². The van der Waals surface area contributed by atoms with Gasteiger partial charge in [0.05, 0.1) is 4.75 Å². The predicted octanol–water partition coefficient (Wildman–Crippen LogP) is 1.48. The minimum Gasteiger partial charge on any atom is -0.358 e. The highest BCUT2D eigenvalue weighted by Crippen LogP contribution is 2.48. The van der Waals surface area contributed by atoms with Crippen LogP contribution in [0.3, 0.4) is 0 Å². The lowest BCUT2D eigenvalue weighted by molar-refractivity contribution is -0.120. The zero-order valence-corrected chi connectivity index (χ0v) is 14.4. The molecule has 6 nitrogen and oxygen atoms in total. The summed E-state index contributed by atoms with van der Waals surface area (Å²) >= 11 is 0. The fourth-order valence-electron chi connectivity index (χ4n) is 2.94. The maximum absolute atomic E-state index is 12.5. The molecule has 2 fully saturated rings. The first-order valence-electron chi connectivity index (χ1n) is 8.34. The van der Waals surface area contributed by atoms with Crippen molar-refractivity contribution in [3.8, 4) is 0 Å². The van der Waals surface area contributed by atoms with Crippen molar-refractivity contribution in [3.63, 3.8) is 0 Å². The second-order valence-electron chi connectivity index (χ2n) is 6.53. The van der Waals surface area contributed by atoms with Crippen LogP contribution in [-0.4, -0.2) is 32.0 Å². The summed E-state index contributed by atoms with van der Waals surface area (Å²) in [5.74, 6) is -0.0855. The van der Waals surface area contributed by atoms with E-state index in [0.29, 0.717) is 44.6 Å². The van der Waals surface area contributed by atoms with Crippen LogP contribution in [0.2, 0.25) is 0 Å². The van der Waals surface area contributed by atoms with Gasteiger partial charge in [0.1, 0.15) is 0 Å². The molecule has 2 aliphatic carbocycles. The van der Waals surface area contributed by atoms with E-state index in [1.165, 1.54) is 0 Å². The lowest BCUT2D eigenvalue weighted by Crippen LogP contribution is -2.40. The summed E-state index contributed by atoms with van der Waals surface area (Å²) in [5, 5.41) is 2.56. The van der Waals surface area contributed by atoms with Crippen molar-refractivity contribution in [2.75, 3.05) is 6.54 Å². The van der Waals surface area contributed by atoms with Gasteiger partial charge in [0.15, 0.2) is 0 Å². The maximum atomic E-state index is 12.5. The number of carbonyl (C=O) groups is 2. The number of carbonyl (C=O) groups excluding carboxylic acids is 2. The Morgan fingerprint density at radius 3 is 2.52 bits per heavy atom. The molecule has 23 heavy (non-hydrogen) atoms. The minimum atomic E-state index is -3.58. The first-order valence-corrected chi connectivity index (χ1v) is 9.82. The Labute approximate surface area is 138 Å². The lowest BCUT2D eigenvalue weighted by atomic mass is 10.2. The highest BCUT2D eigenvalue weighted by Gasteiger charge is 2.55. The van der Waals surface area contributed by atoms with Gasteiger partial charge in [0, 0.05) is 12.5 Å². The van der Waals surface area contributed by atoms with Gasteiger partial charge >= 0.3 is 0 Å². The van der Waals surface area contributed by atoms with Gasteiger partial charge in [-0.05, 0) is 44.4 Å². The van der Waals surface area contributed by atoms with Gasteiger partial charge in [-0.3, -0.25) is 14.3 Å². The molecule has 0 spiro atoms. The predicted molar refractivity (Wildman–Crippen MR) is 88.0 cm³/mol. The molecular formula is C16H26N2O4S. The number of hydrogen-bond donors (Lipinski definition) is 2. The topological polar surface area (TPSA) is 92.3 Å². The van der Waals surface area contributed by atoms with Crippen molar-refractivity contribution >= 4 is 22.3 Å². The molecule has 0 radical (unpaired) electrons. The number of hydrogen-bond acceptors (Lipinski definition) is 4. The van der Waals surface area contributed by atoms with Crippen molar-refractivity contribution in [3.05, 3.63) is 12.2 Å². The Bertz CT molecular complexity index is 567. The molecule has 2 saturated carbocycles. The Morgan fingerprint density at radius 2 is 1.96 bits per heavy atom. The summed E-state index contributed by atoms with van der Waals surface area (Å²) in [5.41, 5.74) is 0. The molecule has 130 valence electrons. The van der Waals surface area contributed by atoms with E-state index in [1.807, 2.05) is 19.1 Å². The molecule has 0 bridgehead atoms. The van der Waals surface area contributed by atoms with Crippen molar-refractivity contribution in [2.24, 2.45) is 11.8 Å².